The Labute approximate surface area is 146 Å². The van der Waals surface area contributed by atoms with Gasteiger partial charge < -0.3 is 10.1 Å². The van der Waals surface area contributed by atoms with Crippen LogP contribution in [-0.4, -0.2) is 22.9 Å². The maximum Gasteiger partial charge on any atom is 0.295 e. The Morgan fingerprint density at radius 1 is 1.16 bits per heavy atom. The molecule has 2 rings (SSSR count). The number of nitro groups is 2. The Balaban J connectivity index is 2.25. The Morgan fingerprint density at radius 3 is 2.32 bits per heavy atom. The van der Waals surface area contributed by atoms with Crippen LogP contribution in [0.3, 0.4) is 0 Å². The average molecular weight is 366 g/mol. The third-order valence-electron chi connectivity index (χ3n) is 3.30. The van der Waals surface area contributed by atoms with Crippen molar-refractivity contribution < 1.29 is 19.4 Å². The zero-order valence-corrected chi connectivity index (χ0v) is 13.6. The molecule has 10 heteroatoms. The molecular formula is C15H12ClN3O6. The number of nitrogens with zero attached hydrogens (tertiary/aromatic N) is 2. The molecule has 0 aliphatic rings. The van der Waals surface area contributed by atoms with E-state index >= 15 is 0 Å². The summed E-state index contributed by atoms with van der Waals surface area (Å²) in [5, 5.41) is 23.9. The first-order valence-electron chi connectivity index (χ1n) is 6.87. The summed E-state index contributed by atoms with van der Waals surface area (Å²) in [5.74, 6) is -0.111. The summed E-state index contributed by atoms with van der Waals surface area (Å²) in [7, 11) is 1.52. The van der Waals surface area contributed by atoms with Crippen LogP contribution < -0.4 is 10.1 Å². The first-order valence-corrected chi connectivity index (χ1v) is 7.24. The highest BCUT2D eigenvalue weighted by molar-refractivity contribution is 6.36. The molecule has 0 aromatic heterocycles. The molecule has 0 aliphatic carbocycles. The van der Waals surface area contributed by atoms with Crippen LogP contribution in [0, 0.1) is 20.2 Å². The van der Waals surface area contributed by atoms with Gasteiger partial charge in [0.2, 0.25) is 0 Å². The van der Waals surface area contributed by atoms with E-state index in [0.29, 0.717) is 11.8 Å². The number of amides is 1. The van der Waals surface area contributed by atoms with Crippen molar-refractivity contribution in [3.63, 3.8) is 0 Å². The molecule has 0 spiro atoms. The third kappa shape index (κ3) is 4.21. The van der Waals surface area contributed by atoms with E-state index in [2.05, 4.69) is 5.32 Å². The number of hydrogen-bond donors (Lipinski definition) is 1. The lowest BCUT2D eigenvalue weighted by Crippen LogP contribution is -2.23. The summed E-state index contributed by atoms with van der Waals surface area (Å²) in [6, 6.07) is 8.45. The normalized spacial score (nSPS) is 10.2. The van der Waals surface area contributed by atoms with Crippen molar-refractivity contribution in [2.24, 2.45) is 0 Å². The highest BCUT2D eigenvalue weighted by atomic mass is 35.5. The predicted octanol–water partition coefficient (Wildman–Crippen LogP) is 3.10. The molecule has 0 heterocycles. The SMILES string of the molecule is COc1ccc(CNC(=O)c2cc([N+](=O)[O-])cc([N+](=O)[O-])c2Cl)cc1. The molecule has 0 saturated heterocycles. The van der Waals surface area contributed by atoms with E-state index in [0.717, 1.165) is 11.6 Å². The number of methoxy groups -OCH3 is 1. The first-order chi connectivity index (χ1) is 11.8. The Kier molecular flexibility index (Phi) is 5.50. The molecule has 0 unspecified atom stereocenters. The van der Waals surface area contributed by atoms with Gasteiger partial charge in [-0.1, -0.05) is 23.7 Å². The molecule has 0 aliphatic heterocycles. The molecule has 0 bridgehead atoms. The number of benzene rings is 2. The van der Waals surface area contributed by atoms with E-state index in [1.165, 1.54) is 7.11 Å². The van der Waals surface area contributed by atoms with Crippen LogP contribution >= 0.6 is 11.6 Å². The molecular weight excluding hydrogens is 354 g/mol. The standard InChI is InChI=1S/C15H12ClN3O6/c1-25-11-4-2-9(3-5-11)8-17-15(20)12-6-10(18(21)22)7-13(14(12)16)19(23)24/h2-7H,8H2,1H3,(H,17,20). The van der Waals surface area contributed by atoms with Crippen LogP contribution in [0.1, 0.15) is 15.9 Å². The Morgan fingerprint density at radius 2 is 1.80 bits per heavy atom. The fraction of sp³-hybridized carbons (Fsp3) is 0.133. The van der Waals surface area contributed by atoms with E-state index < -0.39 is 32.2 Å². The second-order valence-electron chi connectivity index (χ2n) is 4.87. The number of carbonyl (C=O) groups excluding carboxylic acids is 1. The maximum absolute atomic E-state index is 12.2. The number of nitro benzene ring substituents is 2. The molecule has 9 nitrogen and oxygen atoms in total. The van der Waals surface area contributed by atoms with Gasteiger partial charge in [-0.15, -0.1) is 0 Å². The first kappa shape index (κ1) is 18.1. The van der Waals surface area contributed by atoms with Crippen molar-refractivity contribution in [1.82, 2.24) is 5.32 Å². The van der Waals surface area contributed by atoms with E-state index in [4.69, 9.17) is 16.3 Å². The second-order valence-corrected chi connectivity index (χ2v) is 5.25. The largest absolute Gasteiger partial charge is 0.497 e. The number of non-ortho nitro benzene ring substituents is 1. The van der Waals surface area contributed by atoms with Gasteiger partial charge in [-0.2, -0.15) is 0 Å². The number of nitrogens with one attached hydrogen (secondary N) is 1. The van der Waals surface area contributed by atoms with Crippen molar-refractivity contribution >= 4 is 28.9 Å². The molecule has 1 N–H and O–H groups in total. The summed E-state index contributed by atoms with van der Waals surface area (Å²) >= 11 is 5.85. The minimum Gasteiger partial charge on any atom is -0.497 e. The summed E-state index contributed by atoms with van der Waals surface area (Å²) in [4.78, 5) is 32.4. The summed E-state index contributed by atoms with van der Waals surface area (Å²) in [6.07, 6.45) is 0. The quantitative estimate of drug-likeness (QED) is 0.619. The summed E-state index contributed by atoms with van der Waals surface area (Å²) in [6.45, 7) is 0.107. The maximum atomic E-state index is 12.2. The number of halogens is 1. The minimum absolute atomic E-state index is 0.107. The lowest BCUT2D eigenvalue weighted by atomic mass is 10.1. The highest BCUT2D eigenvalue weighted by Gasteiger charge is 2.26. The Bertz CT molecular complexity index is 838. The van der Waals surface area contributed by atoms with Gasteiger partial charge in [-0.05, 0) is 17.7 Å². The molecule has 2 aromatic rings. The van der Waals surface area contributed by atoms with E-state index in [1.807, 2.05) is 0 Å². The number of ether oxygens (including phenoxy) is 1. The number of hydrogen-bond acceptors (Lipinski definition) is 6. The Hall–Kier alpha value is -3.20. The van der Waals surface area contributed by atoms with Crippen LogP contribution in [0.2, 0.25) is 5.02 Å². The van der Waals surface area contributed by atoms with Crippen LogP contribution in [0.15, 0.2) is 36.4 Å². The van der Waals surface area contributed by atoms with Crippen LogP contribution in [-0.2, 0) is 6.54 Å². The van der Waals surface area contributed by atoms with Crippen molar-refractivity contribution in [2.45, 2.75) is 6.54 Å². The molecule has 0 saturated carbocycles. The van der Waals surface area contributed by atoms with Gasteiger partial charge in [0.1, 0.15) is 10.8 Å². The minimum atomic E-state index is -0.879. The smallest absolute Gasteiger partial charge is 0.295 e. The lowest BCUT2D eigenvalue weighted by molar-refractivity contribution is -0.394. The number of carbonyl (C=O) groups is 1. The van der Waals surface area contributed by atoms with Crippen LogP contribution in [0.5, 0.6) is 5.75 Å². The lowest BCUT2D eigenvalue weighted by Gasteiger charge is -2.08. The molecule has 2 aromatic carbocycles. The van der Waals surface area contributed by atoms with Crippen molar-refractivity contribution in [2.75, 3.05) is 7.11 Å². The second kappa shape index (κ2) is 7.58. The van der Waals surface area contributed by atoms with Crippen LogP contribution in [0.25, 0.3) is 0 Å². The van der Waals surface area contributed by atoms with E-state index in [1.54, 1.807) is 24.3 Å². The molecule has 130 valence electrons. The van der Waals surface area contributed by atoms with Gasteiger partial charge in [0, 0.05) is 12.6 Å². The van der Waals surface area contributed by atoms with Gasteiger partial charge in [0.05, 0.1) is 28.6 Å². The van der Waals surface area contributed by atoms with Gasteiger partial charge in [0.25, 0.3) is 17.3 Å². The predicted molar refractivity (Wildman–Crippen MR) is 88.9 cm³/mol. The van der Waals surface area contributed by atoms with Gasteiger partial charge in [-0.3, -0.25) is 25.0 Å². The van der Waals surface area contributed by atoms with Crippen molar-refractivity contribution in [3.05, 3.63) is 72.8 Å². The summed E-state index contributed by atoms with van der Waals surface area (Å²) in [5.41, 5.74) is -0.891. The average Bonchev–Trinajstić information content (AvgIpc) is 2.59. The van der Waals surface area contributed by atoms with Gasteiger partial charge in [0.15, 0.2) is 0 Å². The summed E-state index contributed by atoms with van der Waals surface area (Å²) < 4.78 is 5.02. The zero-order valence-electron chi connectivity index (χ0n) is 12.9. The van der Waals surface area contributed by atoms with E-state index in [9.17, 15) is 25.0 Å². The highest BCUT2D eigenvalue weighted by Crippen LogP contribution is 2.32. The van der Waals surface area contributed by atoms with E-state index in [-0.39, 0.29) is 12.1 Å². The van der Waals surface area contributed by atoms with Crippen molar-refractivity contribution in [3.8, 4) is 5.75 Å². The number of rotatable bonds is 6. The molecule has 0 atom stereocenters. The fourth-order valence-electron chi connectivity index (χ4n) is 2.02. The monoisotopic (exact) mass is 365 g/mol. The van der Waals surface area contributed by atoms with Gasteiger partial charge in [-0.25, -0.2) is 0 Å². The molecule has 0 radical (unpaired) electrons. The topological polar surface area (TPSA) is 125 Å². The van der Waals surface area contributed by atoms with Crippen molar-refractivity contribution in [1.29, 1.82) is 0 Å². The molecule has 0 fully saturated rings. The van der Waals surface area contributed by atoms with Crippen LogP contribution in [0.4, 0.5) is 11.4 Å². The van der Waals surface area contributed by atoms with Gasteiger partial charge >= 0.3 is 0 Å². The zero-order chi connectivity index (χ0) is 18.6. The third-order valence-corrected chi connectivity index (χ3v) is 3.70. The fourth-order valence-corrected chi connectivity index (χ4v) is 2.28. The molecule has 25 heavy (non-hydrogen) atoms. The molecule has 1 amide bonds.